The van der Waals surface area contributed by atoms with Gasteiger partial charge >= 0.3 is 5.97 Å². The Morgan fingerprint density at radius 3 is 2.17 bits per heavy atom. The second kappa shape index (κ2) is 12.6. The van der Waals surface area contributed by atoms with Crippen LogP contribution in [0.1, 0.15) is 31.1 Å². The molecule has 0 saturated heterocycles. The first-order valence-corrected chi connectivity index (χ1v) is 12.9. The highest BCUT2D eigenvalue weighted by molar-refractivity contribution is 7.91. The number of sulfone groups is 1. The van der Waals surface area contributed by atoms with E-state index in [9.17, 15) is 18.3 Å². The molecule has 3 aromatic rings. The molecule has 0 bridgehead atoms. The lowest BCUT2D eigenvalue weighted by molar-refractivity contribution is -0.152. The fraction of sp³-hybridized carbons (Fsp3) is 0.269. The molecule has 0 saturated carbocycles. The molecule has 3 rings (SSSR count). The Morgan fingerprint density at radius 1 is 1.03 bits per heavy atom. The van der Waals surface area contributed by atoms with Gasteiger partial charge in [0.05, 0.1) is 15.9 Å². The first-order valence-electron chi connectivity index (χ1n) is 11.0. The monoisotopic (exact) mass is 553 g/mol. The van der Waals surface area contributed by atoms with E-state index in [4.69, 9.17) is 21.4 Å². The molecule has 1 atom stereocenters. The third-order valence-corrected chi connectivity index (χ3v) is 7.44. The van der Waals surface area contributed by atoms with Gasteiger partial charge in [-0.15, -0.1) is 12.4 Å². The highest BCUT2D eigenvalue weighted by Crippen LogP contribution is 2.25. The predicted molar refractivity (Wildman–Crippen MR) is 141 cm³/mol. The molecule has 194 valence electrons. The summed E-state index contributed by atoms with van der Waals surface area (Å²) in [5.41, 5.74) is 0.261. The number of benzene rings is 3. The van der Waals surface area contributed by atoms with Crippen LogP contribution in [0.2, 0.25) is 5.02 Å². The van der Waals surface area contributed by atoms with E-state index >= 15 is 0 Å². The average Bonchev–Trinajstić information content (AvgIpc) is 2.82. The maximum absolute atomic E-state index is 13.0. The van der Waals surface area contributed by atoms with Crippen molar-refractivity contribution in [3.8, 4) is 5.75 Å². The molecule has 10 heteroatoms. The summed E-state index contributed by atoms with van der Waals surface area (Å²) < 4.78 is 31.3. The number of aliphatic hydroxyl groups is 1. The molecular weight excluding hydrogens is 525 g/mol. The molecule has 0 aliphatic carbocycles. The number of carbonyl (C=O) groups is 1. The maximum Gasteiger partial charge on any atom is 0.347 e. The zero-order valence-corrected chi connectivity index (χ0v) is 22.2. The minimum absolute atomic E-state index is 0. The molecule has 0 radical (unpaired) electrons. The van der Waals surface area contributed by atoms with Crippen LogP contribution in [0.3, 0.4) is 0 Å². The van der Waals surface area contributed by atoms with Gasteiger partial charge in [-0.2, -0.15) is 0 Å². The van der Waals surface area contributed by atoms with Gasteiger partial charge in [0.15, 0.2) is 5.60 Å². The number of nitrogens with one attached hydrogen (secondary N) is 1. The maximum atomic E-state index is 13.0. The Hall–Kier alpha value is -2.62. The standard InChI is InChI=1S/C26H28ClNO6S.ClH/c1-26(2,25(30)31)34-21-8-12-23(13-9-21)35(32,33)22-10-6-18(7-11-22)14-15-28-17-24(29)19-4-3-5-20(27)16-19;/h3-13,16,24,28-29H,14-15,17H2,1-2H3,(H,30,31);1H. The fourth-order valence-corrected chi connectivity index (χ4v) is 4.76. The van der Waals surface area contributed by atoms with Crippen molar-refractivity contribution in [1.82, 2.24) is 5.32 Å². The van der Waals surface area contributed by atoms with E-state index in [1.165, 1.54) is 38.1 Å². The molecule has 0 aliphatic heterocycles. The highest BCUT2D eigenvalue weighted by atomic mass is 35.5. The Balaban J connectivity index is 0.00000456. The lowest BCUT2D eigenvalue weighted by atomic mass is 10.1. The minimum Gasteiger partial charge on any atom is -0.478 e. The van der Waals surface area contributed by atoms with E-state index in [1.54, 1.807) is 42.5 Å². The average molecular weight is 554 g/mol. The Labute approximate surface area is 222 Å². The molecule has 0 heterocycles. The first kappa shape index (κ1) is 29.6. The molecule has 1 unspecified atom stereocenters. The van der Waals surface area contributed by atoms with Gasteiger partial charge in [0.2, 0.25) is 9.84 Å². The lowest BCUT2D eigenvalue weighted by Gasteiger charge is -2.21. The van der Waals surface area contributed by atoms with Crippen LogP contribution in [0.25, 0.3) is 0 Å². The van der Waals surface area contributed by atoms with Gasteiger partial charge in [0.1, 0.15) is 5.75 Å². The van der Waals surface area contributed by atoms with Crippen LogP contribution in [-0.2, 0) is 21.1 Å². The summed E-state index contributed by atoms with van der Waals surface area (Å²) in [6.07, 6.45) is -0.0123. The molecule has 0 spiro atoms. The molecule has 36 heavy (non-hydrogen) atoms. The van der Waals surface area contributed by atoms with E-state index in [2.05, 4.69) is 5.32 Å². The second-order valence-corrected chi connectivity index (χ2v) is 10.9. The minimum atomic E-state index is -3.73. The van der Waals surface area contributed by atoms with Crippen molar-refractivity contribution in [3.05, 3.63) is 88.9 Å². The van der Waals surface area contributed by atoms with Crippen molar-refractivity contribution in [3.63, 3.8) is 0 Å². The number of aliphatic hydroxyl groups excluding tert-OH is 1. The molecule has 0 amide bonds. The fourth-order valence-electron chi connectivity index (χ4n) is 3.30. The molecule has 3 N–H and O–H groups in total. The van der Waals surface area contributed by atoms with Crippen LogP contribution in [0.15, 0.2) is 82.6 Å². The number of rotatable bonds is 11. The molecular formula is C26H29Cl2NO6S. The first-order chi connectivity index (χ1) is 16.5. The van der Waals surface area contributed by atoms with Gasteiger partial charge in [-0.1, -0.05) is 35.9 Å². The summed E-state index contributed by atoms with van der Waals surface area (Å²) in [5.74, 6) is -0.860. The van der Waals surface area contributed by atoms with Crippen LogP contribution in [-0.4, -0.2) is 43.3 Å². The molecule has 0 fully saturated rings. The number of hydrogen-bond acceptors (Lipinski definition) is 6. The number of halogens is 2. The van der Waals surface area contributed by atoms with Crippen LogP contribution in [0.5, 0.6) is 5.75 Å². The predicted octanol–water partition coefficient (Wildman–Crippen LogP) is 4.70. The summed E-state index contributed by atoms with van der Waals surface area (Å²) in [7, 11) is -3.73. The van der Waals surface area contributed by atoms with E-state index < -0.39 is 27.5 Å². The van der Waals surface area contributed by atoms with Gasteiger partial charge in [-0.3, -0.25) is 0 Å². The van der Waals surface area contributed by atoms with Gasteiger partial charge in [-0.25, -0.2) is 13.2 Å². The Kier molecular flexibility index (Phi) is 10.3. The summed E-state index contributed by atoms with van der Waals surface area (Å²) in [4.78, 5) is 11.4. The summed E-state index contributed by atoms with van der Waals surface area (Å²) in [5, 5.41) is 23.2. The van der Waals surface area contributed by atoms with Crippen molar-refractivity contribution in [2.45, 2.75) is 41.8 Å². The smallest absolute Gasteiger partial charge is 0.347 e. The molecule has 0 aromatic heterocycles. The van der Waals surface area contributed by atoms with E-state index in [1.807, 2.05) is 6.07 Å². The van der Waals surface area contributed by atoms with Crippen LogP contribution >= 0.6 is 24.0 Å². The van der Waals surface area contributed by atoms with Crippen LogP contribution < -0.4 is 10.1 Å². The number of ether oxygens (including phenoxy) is 1. The SMILES string of the molecule is CC(C)(Oc1ccc(S(=O)(=O)c2ccc(CCNCC(O)c3cccc(Cl)c3)cc2)cc1)C(=O)O.Cl. The van der Waals surface area contributed by atoms with Crippen molar-refractivity contribution in [2.24, 2.45) is 0 Å². The quantitative estimate of drug-likeness (QED) is 0.295. The third kappa shape index (κ3) is 7.69. The normalized spacial score (nSPS) is 12.4. The molecule has 0 aliphatic rings. The van der Waals surface area contributed by atoms with E-state index in [0.29, 0.717) is 24.5 Å². The number of carboxylic acids is 1. The summed E-state index contributed by atoms with van der Waals surface area (Å²) in [6, 6.07) is 19.4. The number of aliphatic carboxylic acids is 1. The lowest BCUT2D eigenvalue weighted by Crippen LogP contribution is -2.37. The van der Waals surface area contributed by atoms with Crippen molar-refractivity contribution in [2.75, 3.05) is 13.1 Å². The molecule has 3 aromatic carbocycles. The van der Waals surface area contributed by atoms with Gasteiger partial charge in [0, 0.05) is 11.6 Å². The van der Waals surface area contributed by atoms with Gasteiger partial charge in [-0.05, 0) is 86.5 Å². The third-order valence-electron chi connectivity index (χ3n) is 5.42. The second-order valence-electron chi connectivity index (χ2n) is 8.56. The summed E-state index contributed by atoms with van der Waals surface area (Å²) >= 11 is 5.95. The summed E-state index contributed by atoms with van der Waals surface area (Å²) in [6.45, 7) is 3.81. The Morgan fingerprint density at radius 2 is 1.61 bits per heavy atom. The number of hydrogen-bond donors (Lipinski definition) is 3. The van der Waals surface area contributed by atoms with Crippen molar-refractivity contribution < 1.29 is 28.2 Å². The number of carboxylic acid groups (broad SMARTS) is 1. The van der Waals surface area contributed by atoms with Crippen molar-refractivity contribution >= 4 is 39.8 Å². The van der Waals surface area contributed by atoms with E-state index in [-0.39, 0.29) is 27.9 Å². The van der Waals surface area contributed by atoms with Crippen molar-refractivity contribution in [1.29, 1.82) is 0 Å². The van der Waals surface area contributed by atoms with Crippen LogP contribution in [0.4, 0.5) is 0 Å². The Bertz CT molecular complexity index is 1260. The van der Waals surface area contributed by atoms with Gasteiger partial charge < -0.3 is 20.3 Å². The topological polar surface area (TPSA) is 113 Å². The van der Waals surface area contributed by atoms with Gasteiger partial charge in [0.25, 0.3) is 0 Å². The zero-order valence-electron chi connectivity index (χ0n) is 19.8. The largest absolute Gasteiger partial charge is 0.478 e. The highest BCUT2D eigenvalue weighted by Gasteiger charge is 2.29. The van der Waals surface area contributed by atoms with Crippen LogP contribution in [0, 0.1) is 0 Å². The molecule has 7 nitrogen and oxygen atoms in total. The zero-order chi connectivity index (χ0) is 25.6. The van der Waals surface area contributed by atoms with E-state index in [0.717, 1.165) is 11.1 Å².